The van der Waals surface area contributed by atoms with Crippen molar-refractivity contribution in [1.29, 1.82) is 0 Å². The number of hydrogen-bond donors (Lipinski definition) is 1. The zero-order chi connectivity index (χ0) is 14.5. The fourth-order valence-corrected chi connectivity index (χ4v) is 2.51. The Hall–Kier alpha value is -1.62. The molecule has 1 unspecified atom stereocenters. The van der Waals surface area contributed by atoms with Gasteiger partial charge < -0.3 is 5.32 Å². The van der Waals surface area contributed by atoms with E-state index in [1.165, 1.54) is 11.3 Å². The van der Waals surface area contributed by atoms with Crippen LogP contribution in [0.2, 0.25) is 0 Å². The van der Waals surface area contributed by atoms with Gasteiger partial charge in [0.05, 0.1) is 24.1 Å². The van der Waals surface area contributed by atoms with E-state index in [9.17, 15) is 0 Å². The molecular formula is C15H25N5. The minimum atomic E-state index is 0.381. The van der Waals surface area contributed by atoms with Gasteiger partial charge in [-0.3, -0.25) is 9.36 Å². The van der Waals surface area contributed by atoms with Crippen LogP contribution in [-0.4, -0.2) is 26.6 Å². The molecular weight excluding hydrogens is 250 g/mol. The highest BCUT2D eigenvalue weighted by Crippen LogP contribution is 2.15. The van der Waals surface area contributed by atoms with E-state index in [0.29, 0.717) is 6.04 Å². The molecule has 2 rings (SSSR count). The monoisotopic (exact) mass is 275 g/mol. The molecule has 1 atom stereocenters. The maximum absolute atomic E-state index is 4.58. The SMILES string of the molecule is CCc1cc(Cn2cc(C(CC)NC)cn2)n(CC)n1. The highest BCUT2D eigenvalue weighted by atomic mass is 15.3. The van der Waals surface area contributed by atoms with Crippen molar-refractivity contribution in [3.63, 3.8) is 0 Å². The second kappa shape index (κ2) is 6.70. The summed E-state index contributed by atoms with van der Waals surface area (Å²) in [6.45, 7) is 8.12. The second-order valence-corrected chi connectivity index (χ2v) is 5.02. The van der Waals surface area contributed by atoms with Crippen molar-refractivity contribution in [2.24, 2.45) is 0 Å². The van der Waals surface area contributed by atoms with Gasteiger partial charge in [-0.05, 0) is 32.9 Å². The lowest BCUT2D eigenvalue weighted by atomic mass is 10.1. The van der Waals surface area contributed by atoms with Crippen LogP contribution in [0.4, 0.5) is 0 Å². The minimum Gasteiger partial charge on any atom is -0.313 e. The highest BCUT2D eigenvalue weighted by molar-refractivity contribution is 5.14. The summed E-state index contributed by atoms with van der Waals surface area (Å²) in [5.74, 6) is 0. The third kappa shape index (κ3) is 3.10. The first-order valence-corrected chi connectivity index (χ1v) is 7.46. The number of rotatable bonds is 7. The summed E-state index contributed by atoms with van der Waals surface area (Å²) < 4.78 is 4.06. The Labute approximate surface area is 121 Å². The van der Waals surface area contributed by atoms with Crippen molar-refractivity contribution in [2.75, 3.05) is 7.05 Å². The normalized spacial score (nSPS) is 12.8. The summed E-state index contributed by atoms with van der Waals surface area (Å²) >= 11 is 0. The smallest absolute Gasteiger partial charge is 0.0828 e. The van der Waals surface area contributed by atoms with E-state index >= 15 is 0 Å². The standard InChI is InChI=1S/C15H25N5/c1-5-13-8-14(20(7-3)18-13)11-19-10-12(9-17-19)15(6-2)16-4/h8-10,15-16H,5-7,11H2,1-4H3. The molecule has 0 aromatic carbocycles. The van der Waals surface area contributed by atoms with E-state index in [-0.39, 0.29) is 0 Å². The molecule has 2 aromatic rings. The van der Waals surface area contributed by atoms with Gasteiger partial charge in [0, 0.05) is 24.3 Å². The predicted octanol–water partition coefficient (Wildman–Crippen LogP) is 2.38. The van der Waals surface area contributed by atoms with E-state index in [1.807, 2.05) is 17.9 Å². The van der Waals surface area contributed by atoms with Crippen LogP contribution in [0.15, 0.2) is 18.5 Å². The van der Waals surface area contributed by atoms with Crippen molar-refractivity contribution in [3.05, 3.63) is 35.4 Å². The van der Waals surface area contributed by atoms with E-state index in [2.05, 4.69) is 53.2 Å². The van der Waals surface area contributed by atoms with Crippen LogP contribution < -0.4 is 5.32 Å². The fourth-order valence-electron chi connectivity index (χ4n) is 2.51. The van der Waals surface area contributed by atoms with Gasteiger partial charge in [-0.2, -0.15) is 10.2 Å². The van der Waals surface area contributed by atoms with E-state index < -0.39 is 0 Å². The maximum Gasteiger partial charge on any atom is 0.0828 e. The maximum atomic E-state index is 4.58. The molecule has 0 amide bonds. The molecule has 0 aliphatic carbocycles. The number of nitrogens with one attached hydrogen (secondary N) is 1. The Kier molecular flexibility index (Phi) is 4.95. The molecule has 110 valence electrons. The topological polar surface area (TPSA) is 47.7 Å². The van der Waals surface area contributed by atoms with Crippen LogP contribution in [0.5, 0.6) is 0 Å². The molecule has 0 bridgehead atoms. The minimum absolute atomic E-state index is 0.381. The molecule has 0 aliphatic heterocycles. The Morgan fingerprint density at radius 1 is 1.30 bits per heavy atom. The lowest BCUT2D eigenvalue weighted by Crippen LogP contribution is -2.14. The van der Waals surface area contributed by atoms with Gasteiger partial charge in [0.2, 0.25) is 0 Å². The highest BCUT2D eigenvalue weighted by Gasteiger charge is 2.11. The van der Waals surface area contributed by atoms with E-state index in [0.717, 1.165) is 31.6 Å². The lowest BCUT2D eigenvalue weighted by molar-refractivity contribution is 0.566. The Morgan fingerprint density at radius 2 is 2.10 bits per heavy atom. The molecule has 0 radical (unpaired) electrons. The zero-order valence-corrected chi connectivity index (χ0v) is 12.9. The summed E-state index contributed by atoms with van der Waals surface area (Å²) in [6.07, 6.45) is 6.12. The number of aryl methyl sites for hydroxylation is 2. The molecule has 2 aromatic heterocycles. The quantitative estimate of drug-likeness (QED) is 0.844. The molecule has 2 heterocycles. The third-order valence-electron chi connectivity index (χ3n) is 3.71. The van der Waals surface area contributed by atoms with Crippen LogP contribution >= 0.6 is 0 Å². The molecule has 0 aliphatic rings. The molecule has 0 saturated heterocycles. The summed E-state index contributed by atoms with van der Waals surface area (Å²) in [5.41, 5.74) is 3.61. The number of nitrogens with zero attached hydrogens (tertiary/aromatic N) is 4. The summed E-state index contributed by atoms with van der Waals surface area (Å²) in [6, 6.07) is 2.56. The third-order valence-corrected chi connectivity index (χ3v) is 3.71. The van der Waals surface area contributed by atoms with Crippen molar-refractivity contribution < 1.29 is 0 Å². The van der Waals surface area contributed by atoms with Crippen molar-refractivity contribution in [3.8, 4) is 0 Å². The summed E-state index contributed by atoms with van der Waals surface area (Å²) in [4.78, 5) is 0. The average molecular weight is 275 g/mol. The van der Waals surface area contributed by atoms with Gasteiger partial charge in [-0.1, -0.05) is 13.8 Å². The number of aromatic nitrogens is 4. The van der Waals surface area contributed by atoms with Gasteiger partial charge in [-0.25, -0.2) is 0 Å². The van der Waals surface area contributed by atoms with E-state index in [4.69, 9.17) is 0 Å². The molecule has 1 N–H and O–H groups in total. The van der Waals surface area contributed by atoms with Crippen LogP contribution in [0.1, 0.15) is 50.2 Å². The van der Waals surface area contributed by atoms with Crippen molar-refractivity contribution >= 4 is 0 Å². The fraction of sp³-hybridized carbons (Fsp3) is 0.600. The van der Waals surface area contributed by atoms with Crippen molar-refractivity contribution in [1.82, 2.24) is 24.9 Å². The lowest BCUT2D eigenvalue weighted by Gasteiger charge is -2.10. The Bertz CT molecular complexity index is 536. The summed E-state index contributed by atoms with van der Waals surface area (Å²) in [5, 5.41) is 12.4. The second-order valence-electron chi connectivity index (χ2n) is 5.02. The molecule has 0 saturated carbocycles. The van der Waals surface area contributed by atoms with Gasteiger partial charge in [0.15, 0.2) is 0 Å². The summed E-state index contributed by atoms with van der Waals surface area (Å²) in [7, 11) is 1.99. The first-order valence-electron chi connectivity index (χ1n) is 7.46. The van der Waals surface area contributed by atoms with Gasteiger partial charge in [-0.15, -0.1) is 0 Å². The van der Waals surface area contributed by atoms with Crippen LogP contribution in [0.25, 0.3) is 0 Å². The Morgan fingerprint density at radius 3 is 2.70 bits per heavy atom. The van der Waals surface area contributed by atoms with Crippen LogP contribution in [0, 0.1) is 0 Å². The first kappa shape index (κ1) is 14.8. The molecule has 20 heavy (non-hydrogen) atoms. The van der Waals surface area contributed by atoms with Gasteiger partial charge in [0.25, 0.3) is 0 Å². The zero-order valence-electron chi connectivity index (χ0n) is 12.9. The number of hydrogen-bond acceptors (Lipinski definition) is 3. The average Bonchev–Trinajstić information content (AvgIpc) is 3.07. The molecule has 0 fully saturated rings. The largest absolute Gasteiger partial charge is 0.313 e. The molecule has 0 spiro atoms. The van der Waals surface area contributed by atoms with Crippen molar-refractivity contribution in [2.45, 2.75) is 52.7 Å². The van der Waals surface area contributed by atoms with Gasteiger partial charge >= 0.3 is 0 Å². The molecule has 5 heteroatoms. The predicted molar refractivity (Wildman–Crippen MR) is 80.7 cm³/mol. The van der Waals surface area contributed by atoms with E-state index in [1.54, 1.807) is 0 Å². The molecule has 5 nitrogen and oxygen atoms in total. The van der Waals surface area contributed by atoms with Crippen LogP contribution in [-0.2, 0) is 19.5 Å². The van der Waals surface area contributed by atoms with Gasteiger partial charge in [0.1, 0.15) is 0 Å². The Balaban J connectivity index is 2.16. The first-order chi connectivity index (χ1) is 9.71. The van der Waals surface area contributed by atoms with Crippen LogP contribution in [0.3, 0.4) is 0 Å².